The number of carbonyl (C=O) groups is 1. The predicted molar refractivity (Wildman–Crippen MR) is 95.1 cm³/mol. The van der Waals surface area contributed by atoms with Gasteiger partial charge in [-0.1, -0.05) is 46.8 Å². The second-order valence-electron chi connectivity index (χ2n) is 8.53. The van der Waals surface area contributed by atoms with Crippen LogP contribution in [0.1, 0.15) is 53.7 Å². The number of aryl methyl sites for hydroxylation is 1. The summed E-state index contributed by atoms with van der Waals surface area (Å²) in [6.07, 6.45) is 2.52. The Hall–Kier alpha value is -1.28. The fraction of sp³-hybridized carbons (Fsp3) is 0.812. The van der Waals surface area contributed by atoms with Crippen molar-refractivity contribution in [2.45, 2.75) is 83.1 Å². The van der Waals surface area contributed by atoms with Crippen molar-refractivity contribution in [2.75, 3.05) is 0 Å². The van der Waals surface area contributed by atoms with Gasteiger partial charge in [0.1, 0.15) is 6.04 Å². The van der Waals surface area contributed by atoms with E-state index in [0.717, 1.165) is 0 Å². The molecular formula is C16H31FN4O2Si. The van der Waals surface area contributed by atoms with Crippen molar-refractivity contribution in [3.05, 3.63) is 11.9 Å². The summed E-state index contributed by atoms with van der Waals surface area (Å²) in [6, 6.07) is -0.424. The van der Waals surface area contributed by atoms with Crippen molar-refractivity contribution in [3.8, 4) is 0 Å². The Bertz CT molecular complexity index is 549. The number of halogens is 1. The molecule has 1 aromatic heterocycles. The van der Waals surface area contributed by atoms with Gasteiger partial charge in [0, 0.05) is 19.2 Å². The van der Waals surface area contributed by atoms with Crippen LogP contribution in [0.2, 0.25) is 16.1 Å². The Morgan fingerprint density at radius 3 is 2.33 bits per heavy atom. The Labute approximate surface area is 144 Å². The van der Waals surface area contributed by atoms with Gasteiger partial charge in [0.05, 0.1) is 5.69 Å². The summed E-state index contributed by atoms with van der Waals surface area (Å²) >= 11 is 0. The Morgan fingerprint density at radius 2 is 1.88 bits per heavy atom. The molecule has 0 bridgehead atoms. The van der Waals surface area contributed by atoms with Gasteiger partial charge in [-0.2, -0.15) is 0 Å². The minimum Gasteiger partial charge on any atom is -0.480 e. The van der Waals surface area contributed by atoms with Crippen LogP contribution in [0.3, 0.4) is 0 Å². The smallest absolute Gasteiger partial charge is 0.320 e. The zero-order chi connectivity index (χ0) is 18.8. The minimum absolute atomic E-state index is 0.140. The van der Waals surface area contributed by atoms with Crippen LogP contribution in [0.15, 0.2) is 6.20 Å². The maximum atomic E-state index is 15.8. The van der Waals surface area contributed by atoms with Crippen molar-refractivity contribution in [2.24, 2.45) is 5.73 Å². The molecule has 24 heavy (non-hydrogen) atoms. The molecule has 0 aliphatic heterocycles. The third-order valence-corrected chi connectivity index (χ3v) is 10.4. The maximum Gasteiger partial charge on any atom is 0.320 e. The molecule has 0 saturated heterocycles. The van der Waals surface area contributed by atoms with E-state index in [1.54, 1.807) is 10.9 Å². The first-order valence-corrected chi connectivity index (χ1v) is 10.4. The molecule has 138 valence electrons. The van der Waals surface area contributed by atoms with E-state index in [0.29, 0.717) is 24.7 Å². The van der Waals surface area contributed by atoms with Gasteiger partial charge in [-0.05, 0) is 22.5 Å². The van der Waals surface area contributed by atoms with Gasteiger partial charge in [0.25, 0.3) is 8.41 Å². The Kier molecular flexibility index (Phi) is 6.32. The normalized spacial score (nSPS) is 14.7. The monoisotopic (exact) mass is 358 g/mol. The molecular weight excluding hydrogens is 327 g/mol. The average Bonchev–Trinajstić information content (AvgIpc) is 2.83. The summed E-state index contributed by atoms with van der Waals surface area (Å²) < 4.78 is 17.4. The lowest BCUT2D eigenvalue weighted by Crippen LogP contribution is -2.47. The van der Waals surface area contributed by atoms with Crippen molar-refractivity contribution in [1.29, 1.82) is 0 Å². The third-order valence-electron chi connectivity index (χ3n) is 4.62. The molecule has 0 aliphatic carbocycles. The number of aliphatic carboxylic acids is 1. The lowest BCUT2D eigenvalue weighted by molar-refractivity contribution is -0.138. The molecule has 1 heterocycles. The molecule has 1 rings (SSSR count). The van der Waals surface area contributed by atoms with Crippen LogP contribution in [0.5, 0.6) is 0 Å². The van der Waals surface area contributed by atoms with E-state index < -0.39 is 20.4 Å². The van der Waals surface area contributed by atoms with Crippen molar-refractivity contribution in [1.82, 2.24) is 15.0 Å². The van der Waals surface area contributed by atoms with Gasteiger partial charge in [0.15, 0.2) is 0 Å². The first-order chi connectivity index (χ1) is 10.8. The highest BCUT2D eigenvalue weighted by Gasteiger charge is 2.54. The molecule has 0 amide bonds. The number of nitrogens with two attached hydrogens (primary N) is 1. The van der Waals surface area contributed by atoms with Gasteiger partial charge < -0.3 is 14.9 Å². The molecule has 6 nitrogen and oxygen atoms in total. The highest BCUT2D eigenvalue weighted by molar-refractivity contribution is 6.78. The first-order valence-electron chi connectivity index (χ1n) is 8.34. The van der Waals surface area contributed by atoms with Gasteiger partial charge >= 0.3 is 5.97 Å². The number of hydrogen-bond donors (Lipinski definition) is 2. The molecule has 1 aromatic rings. The van der Waals surface area contributed by atoms with Crippen molar-refractivity contribution < 1.29 is 14.0 Å². The van der Waals surface area contributed by atoms with Gasteiger partial charge in [-0.25, -0.2) is 0 Å². The average molecular weight is 359 g/mol. The van der Waals surface area contributed by atoms with Gasteiger partial charge in [-0.15, -0.1) is 5.10 Å². The lowest BCUT2D eigenvalue weighted by atomic mass is 10.2. The maximum absolute atomic E-state index is 15.8. The summed E-state index contributed by atoms with van der Waals surface area (Å²) in [4.78, 5) is 10.8. The fourth-order valence-corrected chi connectivity index (χ4v) is 7.61. The van der Waals surface area contributed by atoms with Gasteiger partial charge in [0.2, 0.25) is 0 Å². The van der Waals surface area contributed by atoms with Gasteiger partial charge in [-0.3, -0.25) is 9.48 Å². The Balaban J connectivity index is 2.67. The predicted octanol–water partition coefficient (Wildman–Crippen LogP) is 3.14. The summed E-state index contributed by atoms with van der Waals surface area (Å²) in [5.74, 6) is -1.06. The van der Waals surface area contributed by atoms with E-state index in [1.807, 2.05) is 41.5 Å². The topological polar surface area (TPSA) is 94.0 Å². The van der Waals surface area contributed by atoms with Crippen LogP contribution in [0.4, 0.5) is 4.11 Å². The van der Waals surface area contributed by atoms with E-state index >= 15 is 4.11 Å². The standard InChI is InChI=1S/C16H31FN4O2Si/c1-15(2,3)24(17,16(4,5)6)9-7-8-21-11-12(19-20-21)10-13(18)14(22)23/h11,13H,7-10,18H2,1-6H3,(H,22,23). The van der Waals surface area contributed by atoms with Crippen LogP contribution < -0.4 is 5.73 Å². The zero-order valence-corrected chi connectivity index (χ0v) is 16.6. The molecule has 8 heteroatoms. The quantitative estimate of drug-likeness (QED) is 0.577. The molecule has 0 aromatic carbocycles. The number of carboxylic acids is 1. The summed E-state index contributed by atoms with van der Waals surface area (Å²) in [7, 11) is -3.00. The number of rotatable bonds is 7. The molecule has 0 fully saturated rings. The van der Waals surface area contributed by atoms with Crippen LogP contribution in [-0.2, 0) is 17.8 Å². The molecule has 1 unspecified atom stereocenters. The van der Waals surface area contributed by atoms with E-state index in [4.69, 9.17) is 10.8 Å². The molecule has 1 atom stereocenters. The van der Waals surface area contributed by atoms with Crippen LogP contribution >= 0.6 is 0 Å². The lowest BCUT2D eigenvalue weighted by Gasteiger charge is -2.44. The summed E-state index contributed by atoms with van der Waals surface area (Å²) in [5.41, 5.74) is 6.03. The molecule has 0 radical (unpaired) electrons. The SMILES string of the molecule is CC(C)(C)[Si](F)(CCCn1cc(CC(N)C(=O)O)nn1)C(C)(C)C. The van der Waals surface area contributed by atoms with Crippen molar-refractivity contribution in [3.63, 3.8) is 0 Å². The highest BCUT2D eigenvalue weighted by Crippen LogP contribution is 2.54. The molecule has 3 N–H and O–H groups in total. The van der Waals surface area contributed by atoms with E-state index in [1.165, 1.54) is 0 Å². The van der Waals surface area contributed by atoms with Crippen LogP contribution in [0, 0.1) is 0 Å². The van der Waals surface area contributed by atoms with E-state index in [-0.39, 0.29) is 16.5 Å². The molecule has 0 aliphatic rings. The highest BCUT2D eigenvalue weighted by atomic mass is 28.4. The van der Waals surface area contributed by atoms with E-state index in [9.17, 15) is 4.79 Å². The summed E-state index contributed by atoms with van der Waals surface area (Å²) in [6.45, 7) is 12.5. The number of carboxylic acid groups (broad SMARTS) is 1. The molecule has 0 spiro atoms. The zero-order valence-electron chi connectivity index (χ0n) is 15.6. The second kappa shape index (κ2) is 7.31. The largest absolute Gasteiger partial charge is 0.480 e. The first kappa shape index (κ1) is 20.8. The second-order valence-corrected chi connectivity index (χ2v) is 13.6. The minimum atomic E-state index is -3.00. The number of aromatic nitrogens is 3. The number of nitrogens with zero attached hydrogens (tertiary/aromatic N) is 3. The van der Waals surface area contributed by atoms with E-state index in [2.05, 4.69) is 10.3 Å². The fourth-order valence-electron chi connectivity index (χ4n) is 3.21. The molecule has 0 saturated carbocycles. The number of hydrogen-bond acceptors (Lipinski definition) is 4. The van der Waals surface area contributed by atoms with Crippen molar-refractivity contribution >= 4 is 14.4 Å². The van der Waals surface area contributed by atoms with Crippen LogP contribution in [0.25, 0.3) is 0 Å². The third kappa shape index (κ3) is 4.86. The Morgan fingerprint density at radius 1 is 1.33 bits per heavy atom. The summed E-state index contributed by atoms with van der Waals surface area (Å²) in [5, 5.41) is 16.1. The van der Waals surface area contributed by atoms with Crippen LogP contribution in [-0.4, -0.2) is 40.5 Å².